The maximum absolute atomic E-state index is 14.1. The molecule has 2 heterocycles. The van der Waals surface area contributed by atoms with Crippen LogP contribution >= 0.6 is 0 Å². The Balaban J connectivity index is 1.79. The standard InChI is InChI=1S/C24H20F3N5O2/c25-24(26,27)21-17(11-28)5-6-19(32-22(33)16-7-9-34-10-8-16)20(21)15-3-1-14(2-4-15)18-12-30-23(29)31-13-18/h1-6,12-13,16H,7-10H2,(H,32,33)(H2,29,30,31). The van der Waals surface area contributed by atoms with Crippen molar-refractivity contribution in [3.8, 4) is 28.3 Å². The van der Waals surface area contributed by atoms with Gasteiger partial charge >= 0.3 is 6.18 Å². The van der Waals surface area contributed by atoms with Gasteiger partial charge in [-0.2, -0.15) is 18.4 Å². The van der Waals surface area contributed by atoms with Crippen LogP contribution in [0.2, 0.25) is 0 Å². The first-order valence-electron chi connectivity index (χ1n) is 10.5. The monoisotopic (exact) mass is 467 g/mol. The molecule has 1 fully saturated rings. The van der Waals surface area contributed by atoms with Crippen LogP contribution in [0.25, 0.3) is 22.3 Å². The molecule has 0 atom stereocenters. The summed E-state index contributed by atoms with van der Waals surface area (Å²) in [6.45, 7) is 0.838. The summed E-state index contributed by atoms with van der Waals surface area (Å²) in [4.78, 5) is 20.6. The molecular formula is C24H20F3N5O2. The summed E-state index contributed by atoms with van der Waals surface area (Å²) >= 11 is 0. The van der Waals surface area contributed by atoms with Gasteiger partial charge in [-0.1, -0.05) is 24.3 Å². The van der Waals surface area contributed by atoms with Crippen LogP contribution in [-0.2, 0) is 15.7 Å². The molecule has 1 aromatic heterocycles. The van der Waals surface area contributed by atoms with Crippen molar-refractivity contribution in [2.45, 2.75) is 19.0 Å². The first-order valence-corrected chi connectivity index (χ1v) is 10.5. The van der Waals surface area contributed by atoms with Gasteiger partial charge in [0, 0.05) is 48.3 Å². The molecule has 1 aliphatic rings. The number of nitrogen functional groups attached to an aromatic ring is 1. The number of rotatable bonds is 4. The van der Waals surface area contributed by atoms with E-state index in [-0.39, 0.29) is 34.6 Å². The molecule has 174 valence electrons. The number of halogens is 3. The number of alkyl halides is 3. The fraction of sp³-hybridized carbons (Fsp3) is 0.250. The van der Waals surface area contributed by atoms with Gasteiger partial charge in [-0.25, -0.2) is 9.97 Å². The number of carbonyl (C=O) groups excluding carboxylic acids is 1. The highest BCUT2D eigenvalue weighted by Gasteiger charge is 2.38. The van der Waals surface area contributed by atoms with Crippen LogP contribution < -0.4 is 11.1 Å². The Bertz CT molecular complexity index is 1230. The lowest BCUT2D eigenvalue weighted by molar-refractivity contribution is -0.137. The largest absolute Gasteiger partial charge is 0.418 e. The van der Waals surface area contributed by atoms with Crippen molar-refractivity contribution in [2.24, 2.45) is 5.92 Å². The molecule has 1 amide bonds. The van der Waals surface area contributed by atoms with Crippen LogP contribution in [0.1, 0.15) is 24.0 Å². The van der Waals surface area contributed by atoms with E-state index in [4.69, 9.17) is 10.5 Å². The zero-order valence-corrected chi connectivity index (χ0v) is 17.9. The fourth-order valence-corrected chi connectivity index (χ4v) is 3.91. The SMILES string of the molecule is N#Cc1ccc(NC(=O)C2CCOCC2)c(-c2ccc(-c3cnc(N)nc3)cc2)c1C(F)(F)F. The average molecular weight is 467 g/mol. The van der Waals surface area contributed by atoms with Gasteiger partial charge in [-0.05, 0) is 36.1 Å². The average Bonchev–Trinajstić information content (AvgIpc) is 2.84. The van der Waals surface area contributed by atoms with Crippen molar-refractivity contribution in [1.29, 1.82) is 5.26 Å². The second-order valence-corrected chi connectivity index (χ2v) is 7.80. The summed E-state index contributed by atoms with van der Waals surface area (Å²) < 4.78 is 47.6. The quantitative estimate of drug-likeness (QED) is 0.578. The molecule has 0 spiro atoms. The molecule has 3 aromatic rings. The van der Waals surface area contributed by atoms with Crippen LogP contribution in [0.4, 0.5) is 24.8 Å². The van der Waals surface area contributed by atoms with Crippen molar-refractivity contribution >= 4 is 17.5 Å². The first kappa shape index (κ1) is 23.2. The molecule has 0 saturated carbocycles. The molecule has 10 heteroatoms. The number of benzene rings is 2. The Hall–Kier alpha value is -3.97. The van der Waals surface area contributed by atoms with E-state index in [1.165, 1.54) is 30.6 Å². The Morgan fingerprint density at radius 1 is 1.03 bits per heavy atom. The van der Waals surface area contributed by atoms with Gasteiger partial charge < -0.3 is 15.8 Å². The minimum atomic E-state index is -4.82. The topological polar surface area (TPSA) is 114 Å². The number of nitrogens with one attached hydrogen (secondary N) is 1. The summed E-state index contributed by atoms with van der Waals surface area (Å²) in [7, 11) is 0. The van der Waals surface area contributed by atoms with Crippen LogP contribution in [-0.4, -0.2) is 29.1 Å². The van der Waals surface area contributed by atoms with E-state index in [9.17, 15) is 23.2 Å². The second kappa shape index (κ2) is 9.49. The highest BCUT2D eigenvalue weighted by atomic mass is 19.4. The number of nitriles is 1. The van der Waals surface area contributed by atoms with Crippen LogP contribution in [0.5, 0.6) is 0 Å². The number of hydrogen-bond acceptors (Lipinski definition) is 6. The molecular weight excluding hydrogens is 447 g/mol. The van der Waals surface area contributed by atoms with Gasteiger partial charge in [0.15, 0.2) is 0 Å². The van der Waals surface area contributed by atoms with E-state index in [0.29, 0.717) is 37.2 Å². The number of nitrogens with two attached hydrogens (primary N) is 1. The first-order chi connectivity index (χ1) is 16.3. The lowest BCUT2D eigenvalue weighted by atomic mass is 9.91. The van der Waals surface area contributed by atoms with Crippen molar-refractivity contribution in [1.82, 2.24) is 9.97 Å². The summed E-state index contributed by atoms with van der Waals surface area (Å²) in [5.74, 6) is -0.633. The molecule has 0 unspecified atom stereocenters. The van der Waals surface area contributed by atoms with E-state index >= 15 is 0 Å². The Kier molecular flexibility index (Phi) is 6.47. The Labute approximate surface area is 193 Å². The number of ether oxygens (including phenoxy) is 1. The van der Waals surface area contributed by atoms with Crippen LogP contribution in [0.15, 0.2) is 48.8 Å². The van der Waals surface area contributed by atoms with E-state index in [0.717, 1.165) is 6.07 Å². The predicted octanol–water partition coefficient (Wildman–Crippen LogP) is 4.65. The van der Waals surface area contributed by atoms with Crippen LogP contribution in [0.3, 0.4) is 0 Å². The lowest BCUT2D eigenvalue weighted by Gasteiger charge is -2.23. The third kappa shape index (κ3) is 4.84. The summed E-state index contributed by atoms with van der Waals surface area (Å²) in [6.07, 6.45) is -0.824. The predicted molar refractivity (Wildman–Crippen MR) is 119 cm³/mol. The molecule has 3 N–H and O–H groups in total. The van der Waals surface area contributed by atoms with E-state index in [2.05, 4.69) is 15.3 Å². The van der Waals surface area contributed by atoms with Crippen molar-refractivity contribution in [3.63, 3.8) is 0 Å². The van der Waals surface area contributed by atoms with Gasteiger partial charge in [-0.3, -0.25) is 4.79 Å². The Morgan fingerprint density at radius 2 is 1.65 bits per heavy atom. The van der Waals surface area contributed by atoms with Gasteiger partial charge in [0.2, 0.25) is 11.9 Å². The van der Waals surface area contributed by atoms with E-state index in [1.807, 2.05) is 0 Å². The molecule has 0 radical (unpaired) electrons. The zero-order valence-electron chi connectivity index (χ0n) is 17.9. The molecule has 34 heavy (non-hydrogen) atoms. The molecule has 2 aromatic carbocycles. The highest BCUT2D eigenvalue weighted by molar-refractivity contribution is 5.98. The van der Waals surface area contributed by atoms with E-state index < -0.39 is 17.3 Å². The number of aromatic nitrogens is 2. The van der Waals surface area contributed by atoms with E-state index in [1.54, 1.807) is 18.2 Å². The van der Waals surface area contributed by atoms with Crippen LogP contribution in [0, 0.1) is 17.2 Å². The second-order valence-electron chi connectivity index (χ2n) is 7.80. The van der Waals surface area contributed by atoms with Gasteiger partial charge in [-0.15, -0.1) is 0 Å². The third-order valence-electron chi connectivity index (χ3n) is 5.64. The number of amides is 1. The molecule has 1 saturated heterocycles. The third-order valence-corrected chi connectivity index (χ3v) is 5.64. The van der Waals surface area contributed by atoms with Crippen molar-refractivity contribution < 1.29 is 22.7 Å². The maximum atomic E-state index is 14.1. The van der Waals surface area contributed by atoms with Gasteiger partial charge in [0.05, 0.1) is 17.2 Å². The lowest BCUT2D eigenvalue weighted by Crippen LogP contribution is -2.29. The number of hydrogen-bond donors (Lipinski definition) is 2. The summed E-state index contributed by atoms with van der Waals surface area (Å²) in [6, 6.07) is 10.3. The molecule has 4 rings (SSSR count). The van der Waals surface area contributed by atoms with Gasteiger partial charge in [0.25, 0.3) is 0 Å². The number of anilines is 2. The minimum absolute atomic E-state index is 0.00798. The molecule has 1 aliphatic heterocycles. The van der Waals surface area contributed by atoms with Gasteiger partial charge in [0.1, 0.15) is 0 Å². The highest BCUT2D eigenvalue weighted by Crippen LogP contribution is 2.43. The van der Waals surface area contributed by atoms with Crippen molar-refractivity contribution in [2.75, 3.05) is 24.3 Å². The molecule has 7 nitrogen and oxygen atoms in total. The normalized spacial score (nSPS) is 14.4. The smallest absolute Gasteiger partial charge is 0.381 e. The fourth-order valence-electron chi connectivity index (χ4n) is 3.91. The molecule has 0 bridgehead atoms. The number of nitrogens with zero attached hydrogens (tertiary/aromatic N) is 3. The minimum Gasteiger partial charge on any atom is -0.381 e. The summed E-state index contributed by atoms with van der Waals surface area (Å²) in [5.41, 5.74) is 5.12. The Morgan fingerprint density at radius 3 is 2.24 bits per heavy atom. The molecule has 0 aliphatic carbocycles. The zero-order chi connectivity index (χ0) is 24.3. The van der Waals surface area contributed by atoms with Crippen molar-refractivity contribution in [3.05, 3.63) is 59.9 Å². The number of carbonyl (C=O) groups is 1. The maximum Gasteiger partial charge on any atom is 0.418 e. The summed E-state index contributed by atoms with van der Waals surface area (Å²) in [5, 5.41) is 12.0.